The minimum Gasteiger partial charge on any atom is -0.372 e. The van der Waals surface area contributed by atoms with Crippen LogP contribution < -0.4 is 14.7 Å². The zero-order valence-corrected chi connectivity index (χ0v) is 27.4. The molecule has 2 heterocycles. The van der Waals surface area contributed by atoms with E-state index in [0.29, 0.717) is 0 Å². The van der Waals surface area contributed by atoms with Crippen LogP contribution in [0.5, 0.6) is 0 Å². The predicted octanol–water partition coefficient (Wildman–Crippen LogP) is 10.2. The molecule has 46 heavy (non-hydrogen) atoms. The molecule has 2 aliphatic heterocycles. The molecule has 234 valence electrons. The van der Waals surface area contributed by atoms with Gasteiger partial charge in [0.1, 0.15) is 0 Å². The molecule has 0 N–H and O–H groups in total. The van der Waals surface area contributed by atoms with Gasteiger partial charge in [-0.3, -0.25) is 0 Å². The van der Waals surface area contributed by atoms with E-state index in [1.165, 1.54) is 108 Å². The largest absolute Gasteiger partial charge is 0.372 e. The summed E-state index contributed by atoms with van der Waals surface area (Å²) in [5.74, 6) is 0. The molecule has 7 rings (SSSR count). The van der Waals surface area contributed by atoms with Gasteiger partial charge >= 0.3 is 0 Å². The number of anilines is 5. The SMILES string of the molecule is Cc1ccc(N(c2ccc(CCc3ccc(N4CCCC4)cc3)cc2)c2ccc(CCc3ccc(N4CCCC4)cc3)cc2)cc1. The maximum atomic E-state index is 2.50. The van der Waals surface area contributed by atoms with Crippen LogP contribution in [0, 0.1) is 6.92 Å². The van der Waals surface area contributed by atoms with Crippen LogP contribution in [0.2, 0.25) is 0 Å². The van der Waals surface area contributed by atoms with E-state index in [-0.39, 0.29) is 0 Å². The molecule has 3 nitrogen and oxygen atoms in total. The van der Waals surface area contributed by atoms with E-state index in [4.69, 9.17) is 0 Å². The summed E-state index contributed by atoms with van der Waals surface area (Å²) in [6.45, 7) is 6.94. The standard InChI is InChI=1S/C43H47N3/c1-34-6-20-41(21-7-34)46(42-26-16-37(17-27-42)10-8-35-12-22-39(23-13-35)44-30-2-3-31-44)43-28-18-38(19-29-43)11-9-36-14-24-40(25-15-36)45-32-4-5-33-45/h6-7,12-29H,2-5,8-11,30-33H2,1H3. The molecule has 0 atom stereocenters. The van der Waals surface area contributed by atoms with Gasteiger partial charge in [-0.05, 0) is 141 Å². The molecule has 3 heteroatoms. The third kappa shape index (κ3) is 7.31. The summed E-state index contributed by atoms with van der Waals surface area (Å²) in [4.78, 5) is 7.39. The van der Waals surface area contributed by atoms with E-state index >= 15 is 0 Å². The van der Waals surface area contributed by atoms with Crippen molar-refractivity contribution in [2.24, 2.45) is 0 Å². The lowest BCUT2D eigenvalue weighted by Crippen LogP contribution is -2.17. The van der Waals surface area contributed by atoms with Crippen LogP contribution in [0.4, 0.5) is 28.4 Å². The van der Waals surface area contributed by atoms with Gasteiger partial charge in [0.05, 0.1) is 0 Å². The summed E-state index contributed by atoms with van der Waals surface area (Å²) in [5.41, 5.74) is 13.1. The van der Waals surface area contributed by atoms with E-state index in [2.05, 4.69) is 143 Å². The van der Waals surface area contributed by atoms with Crippen LogP contribution in [0.25, 0.3) is 0 Å². The van der Waals surface area contributed by atoms with Gasteiger partial charge in [0.15, 0.2) is 0 Å². The molecule has 0 saturated carbocycles. The van der Waals surface area contributed by atoms with Gasteiger partial charge in [-0.25, -0.2) is 0 Å². The first-order valence-corrected chi connectivity index (χ1v) is 17.4. The quantitative estimate of drug-likeness (QED) is 0.148. The van der Waals surface area contributed by atoms with Crippen molar-refractivity contribution in [3.63, 3.8) is 0 Å². The van der Waals surface area contributed by atoms with Crippen molar-refractivity contribution in [1.29, 1.82) is 0 Å². The summed E-state index contributed by atoms with van der Waals surface area (Å²) in [6.07, 6.45) is 9.49. The van der Waals surface area contributed by atoms with Crippen molar-refractivity contribution in [2.45, 2.75) is 58.3 Å². The van der Waals surface area contributed by atoms with Crippen LogP contribution in [-0.2, 0) is 25.7 Å². The van der Waals surface area contributed by atoms with Gasteiger partial charge in [0.25, 0.3) is 0 Å². The molecule has 0 amide bonds. The first kappa shape index (κ1) is 30.2. The second kappa shape index (κ2) is 14.3. The molecule has 5 aromatic rings. The highest BCUT2D eigenvalue weighted by atomic mass is 15.1. The number of hydrogen-bond acceptors (Lipinski definition) is 3. The Morgan fingerprint density at radius 3 is 1.00 bits per heavy atom. The first-order chi connectivity index (χ1) is 22.7. The van der Waals surface area contributed by atoms with Crippen molar-refractivity contribution in [3.05, 3.63) is 149 Å². The van der Waals surface area contributed by atoms with E-state index in [1.807, 2.05) is 0 Å². The lowest BCUT2D eigenvalue weighted by Gasteiger charge is -2.26. The molecule has 0 unspecified atom stereocenters. The second-order valence-corrected chi connectivity index (χ2v) is 13.2. The van der Waals surface area contributed by atoms with Crippen molar-refractivity contribution in [3.8, 4) is 0 Å². The van der Waals surface area contributed by atoms with E-state index in [9.17, 15) is 0 Å². The second-order valence-electron chi connectivity index (χ2n) is 13.2. The molecule has 2 fully saturated rings. The van der Waals surface area contributed by atoms with Crippen molar-refractivity contribution in [2.75, 3.05) is 40.9 Å². The van der Waals surface area contributed by atoms with Crippen LogP contribution in [-0.4, -0.2) is 26.2 Å². The molecular formula is C43H47N3. The lowest BCUT2D eigenvalue weighted by atomic mass is 10.0. The topological polar surface area (TPSA) is 9.72 Å². The molecule has 0 radical (unpaired) electrons. The number of benzene rings is 5. The zero-order chi connectivity index (χ0) is 31.1. The monoisotopic (exact) mass is 605 g/mol. The van der Waals surface area contributed by atoms with Crippen LogP contribution >= 0.6 is 0 Å². The first-order valence-electron chi connectivity index (χ1n) is 17.4. The Bertz CT molecular complexity index is 1550. The fraction of sp³-hybridized carbons (Fsp3) is 0.302. The fourth-order valence-electron chi connectivity index (χ4n) is 7.04. The predicted molar refractivity (Wildman–Crippen MR) is 196 cm³/mol. The Labute approximate surface area is 276 Å². The Hall–Kier alpha value is -4.50. The van der Waals surface area contributed by atoms with Gasteiger partial charge in [-0.1, -0.05) is 66.2 Å². The lowest BCUT2D eigenvalue weighted by molar-refractivity contribution is 0.947. The minimum absolute atomic E-state index is 1.05. The third-order valence-electron chi connectivity index (χ3n) is 9.90. The molecule has 0 aromatic heterocycles. The number of nitrogens with zero attached hydrogens (tertiary/aromatic N) is 3. The maximum absolute atomic E-state index is 2.50. The number of rotatable bonds is 11. The average Bonchev–Trinajstić information content (AvgIpc) is 3.85. The Morgan fingerprint density at radius 1 is 0.391 bits per heavy atom. The van der Waals surface area contributed by atoms with Crippen molar-refractivity contribution >= 4 is 28.4 Å². The molecule has 5 aromatic carbocycles. The fourth-order valence-corrected chi connectivity index (χ4v) is 7.04. The smallest absolute Gasteiger partial charge is 0.0461 e. The van der Waals surface area contributed by atoms with Gasteiger partial charge in [-0.2, -0.15) is 0 Å². The van der Waals surface area contributed by atoms with Gasteiger partial charge in [-0.15, -0.1) is 0 Å². The van der Waals surface area contributed by atoms with Gasteiger partial charge in [0.2, 0.25) is 0 Å². The highest BCUT2D eigenvalue weighted by Crippen LogP contribution is 2.35. The van der Waals surface area contributed by atoms with Crippen LogP contribution in [0.3, 0.4) is 0 Å². The summed E-state index contributed by atoms with van der Waals surface area (Å²) in [7, 11) is 0. The molecule has 0 bridgehead atoms. The Balaban J connectivity index is 1.01. The van der Waals surface area contributed by atoms with Gasteiger partial charge in [0, 0.05) is 54.6 Å². The maximum Gasteiger partial charge on any atom is 0.0461 e. The normalized spacial score (nSPS) is 14.6. The molecular weight excluding hydrogens is 558 g/mol. The number of aryl methyl sites for hydroxylation is 5. The van der Waals surface area contributed by atoms with Crippen molar-refractivity contribution < 1.29 is 0 Å². The summed E-state index contributed by atoms with van der Waals surface area (Å²) in [5, 5.41) is 0. The number of hydrogen-bond donors (Lipinski definition) is 0. The van der Waals surface area contributed by atoms with Crippen LogP contribution in [0.15, 0.2) is 121 Å². The Kier molecular flexibility index (Phi) is 9.37. The Morgan fingerprint density at radius 2 is 0.674 bits per heavy atom. The molecule has 2 aliphatic rings. The molecule has 0 aliphatic carbocycles. The van der Waals surface area contributed by atoms with E-state index < -0.39 is 0 Å². The van der Waals surface area contributed by atoms with Crippen LogP contribution in [0.1, 0.15) is 53.5 Å². The summed E-state index contributed by atoms with van der Waals surface area (Å²) >= 11 is 0. The van der Waals surface area contributed by atoms with E-state index in [1.54, 1.807) is 0 Å². The van der Waals surface area contributed by atoms with E-state index in [0.717, 1.165) is 25.7 Å². The summed E-state index contributed by atoms with van der Waals surface area (Å²) in [6, 6.07) is 45.7. The highest BCUT2D eigenvalue weighted by Gasteiger charge is 2.15. The zero-order valence-electron chi connectivity index (χ0n) is 27.4. The summed E-state index contributed by atoms with van der Waals surface area (Å²) < 4.78 is 0. The van der Waals surface area contributed by atoms with Crippen molar-refractivity contribution in [1.82, 2.24) is 0 Å². The third-order valence-corrected chi connectivity index (χ3v) is 9.90. The highest BCUT2D eigenvalue weighted by molar-refractivity contribution is 5.76. The molecule has 2 saturated heterocycles. The van der Waals surface area contributed by atoms with Gasteiger partial charge < -0.3 is 14.7 Å². The minimum atomic E-state index is 1.05. The average molecular weight is 606 g/mol. The molecule has 0 spiro atoms.